The van der Waals surface area contributed by atoms with Gasteiger partial charge >= 0.3 is 12.0 Å². The van der Waals surface area contributed by atoms with Crippen LogP contribution in [-0.4, -0.2) is 45.6 Å². The quantitative estimate of drug-likeness (QED) is 0.712. The van der Waals surface area contributed by atoms with Gasteiger partial charge in [-0.2, -0.15) is 5.10 Å². The molecule has 1 aliphatic rings. The van der Waals surface area contributed by atoms with Crippen molar-refractivity contribution in [3.63, 3.8) is 0 Å². The van der Waals surface area contributed by atoms with E-state index in [1.807, 2.05) is 0 Å². The van der Waals surface area contributed by atoms with Gasteiger partial charge in [0.05, 0.1) is 6.20 Å². The molecular formula is C12H18N4O4. The van der Waals surface area contributed by atoms with Crippen LogP contribution in [0.15, 0.2) is 12.4 Å². The van der Waals surface area contributed by atoms with Crippen molar-refractivity contribution in [3.05, 3.63) is 18.0 Å². The summed E-state index contributed by atoms with van der Waals surface area (Å²) in [5.74, 6) is -1.03. The summed E-state index contributed by atoms with van der Waals surface area (Å²) in [4.78, 5) is 23.2. The number of carboxylic acids is 1. The summed E-state index contributed by atoms with van der Waals surface area (Å²) in [7, 11) is 1.78. The maximum absolute atomic E-state index is 11.8. The summed E-state index contributed by atoms with van der Waals surface area (Å²) in [5, 5.41) is 18.5. The summed E-state index contributed by atoms with van der Waals surface area (Å²) in [6, 6.07) is -0.502. The molecule has 110 valence electrons. The van der Waals surface area contributed by atoms with Gasteiger partial charge in [0, 0.05) is 51.4 Å². The van der Waals surface area contributed by atoms with E-state index >= 15 is 0 Å². The van der Waals surface area contributed by atoms with Gasteiger partial charge in [0.15, 0.2) is 0 Å². The number of carbonyl (C=O) groups excluding carboxylic acids is 1. The highest BCUT2D eigenvalue weighted by atomic mass is 16.5. The molecule has 8 nitrogen and oxygen atoms in total. The van der Waals surface area contributed by atoms with E-state index in [4.69, 9.17) is 4.74 Å². The van der Waals surface area contributed by atoms with Crippen LogP contribution in [0, 0.1) is 0 Å². The summed E-state index contributed by atoms with van der Waals surface area (Å²) >= 11 is 0. The third-order valence-corrected chi connectivity index (χ3v) is 3.32. The Bertz CT molecular complexity index is 493. The van der Waals surface area contributed by atoms with Crippen LogP contribution in [0.4, 0.5) is 4.79 Å². The number of hydrogen-bond acceptors (Lipinski definition) is 4. The number of nitrogens with zero attached hydrogens (tertiary/aromatic N) is 2. The molecule has 1 aromatic rings. The number of rotatable bonds is 4. The van der Waals surface area contributed by atoms with Gasteiger partial charge in [-0.1, -0.05) is 0 Å². The van der Waals surface area contributed by atoms with Crippen molar-refractivity contribution in [1.82, 2.24) is 20.4 Å². The molecule has 3 N–H and O–H groups in total. The molecule has 1 aliphatic heterocycles. The Balaban J connectivity index is 1.90. The monoisotopic (exact) mass is 282 g/mol. The van der Waals surface area contributed by atoms with Crippen molar-refractivity contribution in [2.75, 3.05) is 13.2 Å². The molecule has 0 saturated carbocycles. The lowest BCUT2D eigenvalue weighted by Crippen LogP contribution is -2.59. The lowest BCUT2D eigenvalue weighted by Gasteiger charge is -2.33. The first-order chi connectivity index (χ1) is 9.52. The maximum atomic E-state index is 11.8. The van der Waals surface area contributed by atoms with Crippen LogP contribution in [0.5, 0.6) is 0 Å². The topological polar surface area (TPSA) is 105 Å². The van der Waals surface area contributed by atoms with Crippen LogP contribution in [-0.2, 0) is 23.1 Å². The number of ether oxygens (including phenoxy) is 1. The number of aryl methyl sites for hydroxylation is 1. The van der Waals surface area contributed by atoms with E-state index < -0.39 is 17.5 Å². The lowest BCUT2D eigenvalue weighted by atomic mass is 9.90. The van der Waals surface area contributed by atoms with E-state index in [9.17, 15) is 14.7 Å². The first kappa shape index (κ1) is 14.3. The second kappa shape index (κ2) is 5.91. The van der Waals surface area contributed by atoms with E-state index in [1.165, 1.54) is 0 Å². The van der Waals surface area contributed by atoms with E-state index in [2.05, 4.69) is 15.7 Å². The van der Waals surface area contributed by atoms with Crippen LogP contribution in [0.1, 0.15) is 18.4 Å². The van der Waals surface area contributed by atoms with Gasteiger partial charge in [0.2, 0.25) is 0 Å². The van der Waals surface area contributed by atoms with E-state index in [1.54, 1.807) is 24.1 Å². The van der Waals surface area contributed by atoms with Gasteiger partial charge in [0.1, 0.15) is 5.54 Å². The normalized spacial score (nSPS) is 17.4. The van der Waals surface area contributed by atoms with Crippen LogP contribution in [0.2, 0.25) is 0 Å². The van der Waals surface area contributed by atoms with Gasteiger partial charge in [-0.3, -0.25) is 4.68 Å². The summed E-state index contributed by atoms with van der Waals surface area (Å²) in [6.07, 6.45) is 3.95. The standard InChI is InChI=1S/C12H18N4O4/c1-16-8-9(7-14-16)6-13-11(19)15-12(10(17)18)2-4-20-5-3-12/h7-8H,2-6H2,1H3,(H,17,18)(H2,13,15,19). The molecule has 0 unspecified atom stereocenters. The number of urea groups is 1. The Labute approximate surface area is 116 Å². The fourth-order valence-corrected chi connectivity index (χ4v) is 2.12. The molecule has 8 heteroatoms. The van der Waals surface area contributed by atoms with Crippen LogP contribution >= 0.6 is 0 Å². The highest BCUT2D eigenvalue weighted by Crippen LogP contribution is 2.20. The summed E-state index contributed by atoms with van der Waals surface area (Å²) < 4.78 is 6.77. The van der Waals surface area contributed by atoms with Crippen molar-refractivity contribution >= 4 is 12.0 Å². The van der Waals surface area contributed by atoms with Gasteiger partial charge in [-0.25, -0.2) is 9.59 Å². The number of carbonyl (C=O) groups is 2. The first-order valence-electron chi connectivity index (χ1n) is 6.36. The summed E-state index contributed by atoms with van der Waals surface area (Å²) in [5.41, 5.74) is -0.393. The van der Waals surface area contributed by atoms with Gasteiger partial charge in [-0.15, -0.1) is 0 Å². The largest absolute Gasteiger partial charge is 0.480 e. The highest BCUT2D eigenvalue weighted by Gasteiger charge is 2.41. The van der Waals surface area contributed by atoms with Crippen molar-refractivity contribution in [3.8, 4) is 0 Å². The Hall–Kier alpha value is -2.09. The van der Waals surface area contributed by atoms with Crippen molar-refractivity contribution in [2.45, 2.75) is 24.9 Å². The molecule has 1 aromatic heterocycles. The Kier molecular flexibility index (Phi) is 4.23. The van der Waals surface area contributed by atoms with Crippen molar-refractivity contribution < 1.29 is 19.4 Å². The molecule has 0 spiro atoms. The third-order valence-electron chi connectivity index (χ3n) is 3.32. The molecule has 0 atom stereocenters. The molecule has 0 aliphatic carbocycles. The zero-order valence-electron chi connectivity index (χ0n) is 11.3. The minimum atomic E-state index is -1.24. The molecule has 2 rings (SSSR count). The zero-order chi connectivity index (χ0) is 14.6. The number of amides is 2. The molecule has 1 fully saturated rings. The minimum Gasteiger partial charge on any atom is -0.480 e. The first-order valence-corrected chi connectivity index (χ1v) is 6.36. The fourth-order valence-electron chi connectivity index (χ4n) is 2.12. The average molecular weight is 282 g/mol. The number of carboxylic acid groups (broad SMARTS) is 1. The maximum Gasteiger partial charge on any atom is 0.329 e. The average Bonchev–Trinajstić information content (AvgIpc) is 2.83. The predicted molar refractivity (Wildman–Crippen MR) is 69.0 cm³/mol. The number of aliphatic carboxylic acids is 1. The van der Waals surface area contributed by atoms with E-state index in [0.717, 1.165) is 5.56 Å². The minimum absolute atomic E-state index is 0.267. The molecule has 0 radical (unpaired) electrons. The van der Waals surface area contributed by atoms with Crippen LogP contribution < -0.4 is 10.6 Å². The molecule has 1 saturated heterocycles. The number of aromatic nitrogens is 2. The van der Waals surface area contributed by atoms with E-state index in [0.29, 0.717) is 19.8 Å². The SMILES string of the molecule is Cn1cc(CNC(=O)NC2(C(=O)O)CCOCC2)cn1. The van der Waals surface area contributed by atoms with Crippen molar-refractivity contribution in [2.24, 2.45) is 7.05 Å². The van der Waals surface area contributed by atoms with E-state index in [-0.39, 0.29) is 12.8 Å². The molecule has 20 heavy (non-hydrogen) atoms. The molecular weight excluding hydrogens is 264 g/mol. The zero-order valence-corrected chi connectivity index (χ0v) is 11.3. The van der Waals surface area contributed by atoms with Gasteiger partial charge < -0.3 is 20.5 Å². The number of hydrogen-bond donors (Lipinski definition) is 3. The van der Waals surface area contributed by atoms with Crippen molar-refractivity contribution in [1.29, 1.82) is 0 Å². The third kappa shape index (κ3) is 3.27. The van der Waals surface area contributed by atoms with Crippen LogP contribution in [0.25, 0.3) is 0 Å². The second-order valence-electron chi connectivity index (χ2n) is 4.83. The Morgan fingerprint density at radius 3 is 2.75 bits per heavy atom. The Morgan fingerprint density at radius 2 is 2.20 bits per heavy atom. The fraction of sp³-hybridized carbons (Fsp3) is 0.583. The lowest BCUT2D eigenvalue weighted by molar-refractivity contribution is -0.148. The number of nitrogens with one attached hydrogen (secondary N) is 2. The molecule has 0 aromatic carbocycles. The smallest absolute Gasteiger partial charge is 0.329 e. The second-order valence-corrected chi connectivity index (χ2v) is 4.83. The molecule has 2 heterocycles. The highest BCUT2D eigenvalue weighted by molar-refractivity contribution is 5.86. The molecule has 2 amide bonds. The molecule has 0 bridgehead atoms. The van der Waals surface area contributed by atoms with Gasteiger partial charge in [0.25, 0.3) is 0 Å². The van der Waals surface area contributed by atoms with Crippen LogP contribution in [0.3, 0.4) is 0 Å². The Morgan fingerprint density at radius 1 is 1.50 bits per heavy atom. The predicted octanol–water partition coefficient (Wildman–Crippen LogP) is -0.147. The van der Waals surface area contributed by atoms with Gasteiger partial charge in [-0.05, 0) is 0 Å². The summed E-state index contributed by atoms with van der Waals surface area (Å²) in [6.45, 7) is 0.955.